The number of unbranched alkanes of at least 4 members (excludes halogenated alkanes) is 1. The van der Waals surface area contributed by atoms with Crippen molar-refractivity contribution >= 4 is 46.2 Å². The predicted octanol–water partition coefficient (Wildman–Crippen LogP) is 3.34. The average molecular weight is 610 g/mol. The molecule has 4 aromatic rings. The highest BCUT2D eigenvalue weighted by atomic mass is 16.5. The number of amides is 5. The van der Waals surface area contributed by atoms with Gasteiger partial charge in [-0.1, -0.05) is 30.3 Å². The van der Waals surface area contributed by atoms with E-state index in [9.17, 15) is 24.0 Å². The van der Waals surface area contributed by atoms with E-state index in [1.807, 2.05) is 36.4 Å². The summed E-state index contributed by atoms with van der Waals surface area (Å²) in [4.78, 5) is 68.1. The number of imide groups is 2. The van der Waals surface area contributed by atoms with E-state index in [1.54, 1.807) is 36.7 Å². The molecule has 2 aromatic carbocycles. The quantitative estimate of drug-likeness (QED) is 0.162. The molecule has 2 aromatic heterocycles. The molecular weight excluding hydrogens is 578 g/mol. The Morgan fingerprint density at radius 2 is 1.91 bits per heavy atom. The molecule has 6 rings (SSSR count). The molecule has 5 amide bonds. The van der Waals surface area contributed by atoms with Crippen molar-refractivity contribution in [2.45, 2.75) is 37.8 Å². The van der Waals surface area contributed by atoms with Crippen LogP contribution in [0.2, 0.25) is 0 Å². The number of hydrogen-bond acceptors (Lipinski definition) is 9. The highest BCUT2D eigenvalue weighted by Gasteiger charge is 2.45. The third-order valence-corrected chi connectivity index (χ3v) is 7.78. The van der Waals surface area contributed by atoms with Crippen molar-refractivity contribution in [1.82, 2.24) is 20.5 Å². The van der Waals surface area contributed by atoms with Crippen LogP contribution in [0.1, 0.15) is 63.8 Å². The van der Waals surface area contributed by atoms with Crippen molar-refractivity contribution in [2.24, 2.45) is 0 Å². The zero-order valence-corrected chi connectivity index (χ0v) is 24.3. The highest BCUT2D eigenvalue weighted by molar-refractivity contribution is 6.25. The summed E-state index contributed by atoms with van der Waals surface area (Å²) < 4.78 is 11.6. The van der Waals surface area contributed by atoms with Gasteiger partial charge in [-0.3, -0.25) is 39.2 Å². The van der Waals surface area contributed by atoms with Gasteiger partial charge in [0, 0.05) is 48.6 Å². The second-order valence-corrected chi connectivity index (χ2v) is 10.8. The number of furan rings is 1. The summed E-state index contributed by atoms with van der Waals surface area (Å²) in [5.41, 5.74) is 2.43. The lowest BCUT2D eigenvalue weighted by Crippen LogP contribution is -2.54. The Hall–Kier alpha value is -5.36. The lowest BCUT2D eigenvalue weighted by atomic mass is 10.0. The third-order valence-electron chi connectivity index (χ3n) is 7.78. The van der Waals surface area contributed by atoms with Crippen LogP contribution < -0.4 is 16.0 Å². The molecule has 0 saturated carbocycles. The Morgan fingerprint density at radius 1 is 1.04 bits per heavy atom. The lowest BCUT2D eigenvalue weighted by molar-refractivity contribution is -0.136. The van der Waals surface area contributed by atoms with Crippen molar-refractivity contribution in [3.63, 3.8) is 0 Å². The summed E-state index contributed by atoms with van der Waals surface area (Å²) in [5, 5.41) is 9.32. The van der Waals surface area contributed by atoms with Crippen molar-refractivity contribution in [3.05, 3.63) is 95.5 Å². The minimum absolute atomic E-state index is 0.0605. The van der Waals surface area contributed by atoms with Crippen LogP contribution in [0.15, 0.2) is 77.5 Å². The highest BCUT2D eigenvalue weighted by Crippen LogP contribution is 2.32. The van der Waals surface area contributed by atoms with Gasteiger partial charge in [0.15, 0.2) is 0 Å². The van der Waals surface area contributed by atoms with E-state index in [0.29, 0.717) is 37.4 Å². The van der Waals surface area contributed by atoms with Gasteiger partial charge in [0.05, 0.1) is 11.1 Å². The van der Waals surface area contributed by atoms with Crippen LogP contribution in [0, 0.1) is 0 Å². The van der Waals surface area contributed by atoms with Crippen molar-refractivity contribution < 1.29 is 33.1 Å². The van der Waals surface area contributed by atoms with Gasteiger partial charge in [-0.2, -0.15) is 0 Å². The van der Waals surface area contributed by atoms with Gasteiger partial charge in [-0.05, 0) is 49.6 Å². The number of rotatable bonds is 12. The summed E-state index contributed by atoms with van der Waals surface area (Å²) in [6.45, 7) is 0.690. The van der Waals surface area contributed by atoms with E-state index in [4.69, 9.17) is 9.15 Å². The number of piperidine rings is 1. The Balaban J connectivity index is 0.978. The number of para-hydroxylation sites is 1. The van der Waals surface area contributed by atoms with E-state index in [-0.39, 0.29) is 36.5 Å². The standard InChI is InChI=1S/C33H31N5O7/c39-27-13-12-24(31(41)37-27)38-32(42)22-9-5-10-23(29(22)33(38)43)35-15-3-4-16-44-19-28(40)36-30(21-8-6-14-34-18-21)26-17-20-7-1-2-11-25(20)45-26/h1-2,5-11,14,17-18,24,30,35H,3-4,12-13,15-16,19H2,(H,36,40)(H,37,39,41). The van der Waals surface area contributed by atoms with Gasteiger partial charge in [0.25, 0.3) is 11.8 Å². The van der Waals surface area contributed by atoms with E-state index in [2.05, 4.69) is 20.9 Å². The topological polar surface area (TPSA) is 160 Å². The molecular formula is C33H31N5O7. The molecule has 45 heavy (non-hydrogen) atoms. The monoisotopic (exact) mass is 609 g/mol. The molecule has 0 spiro atoms. The number of carbonyl (C=O) groups excluding carboxylic acids is 5. The molecule has 0 aliphatic carbocycles. The van der Waals surface area contributed by atoms with Crippen LogP contribution in [-0.4, -0.2) is 65.2 Å². The Bertz CT molecular complexity index is 1740. The largest absolute Gasteiger partial charge is 0.459 e. The molecule has 12 heteroatoms. The van der Waals surface area contributed by atoms with Crippen LogP contribution in [0.3, 0.4) is 0 Å². The maximum Gasteiger partial charge on any atom is 0.264 e. The van der Waals surface area contributed by atoms with Gasteiger partial charge in [-0.15, -0.1) is 0 Å². The van der Waals surface area contributed by atoms with Gasteiger partial charge in [-0.25, -0.2) is 0 Å². The number of anilines is 1. The number of hydrogen-bond donors (Lipinski definition) is 3. The minimum atomic E-state index is -1.02. The fourth-order valence-electron chi connectivity index (χ4n) is 5.59. The lowest BCUT2D eigenvalue weighted by Gasteiger charge is -2.27. The van der Waals surface area contributed by atoms with E-state index < -0.39 is 35.7 Å². The van der Waals surface area contributed by atoms with Gasteiger partial charge in [0.2, 0.25) is 17.7 Å². The number of carbonyl (C=O) groups is 5. The fraction of sp³-hybridized carbons (Fsp3) is 0.273. The molecule has 2 atom stereocenters. The molecule has 1 saturated heterocycles. The van der Waals surface area contributed by atoms with Crippen LogP contribution in [0.5, 0.6) is 0 Å². The summed E-state index contributed by atoms with van der Waals surface area (Å²) in [6, 6.07) is 16.6. The Morgan fingerprint density at radius 3 is 2.71 bits per heavy atom. The number of fused-ring (bicyclic) bond motifs is 2. The maximum atomic E-state index is 13.2. The number of nitrogens with zero attached hydrogens (tertiary/aromatic N) is 2. The first kappa shape index (κ1) is 29.7. The molecule has 2 aliphatic heterocycles. The molecule has 3 N–H and O–H groups in total. The Kier molecular flexibility index (Phi) is 8.65. The first-order chi connectivity index (χ1) is 21.9. The molecule has 2 unspecified atom stereocenters. The third kappa shape index (κ3) is 6.31. The Labute approximate surface area is 258 Å². The summed E-state index contributed by atoms with van der Waals surface area (Å²) in [5.74, 6) is -1.88. The molecule has 12 nitrogen and oxygen atoms in total. The predicted molar refractivity (Wildman–Crippen MR) is 162 cm³/mol. The van der Waals surface area contributed by atoms with Crippen molar-refractivity contribution in [2.75, 3.05) is 25.1 Å². The summed E-state index contributed by atoms with van der Waals surface area (Å²) in [6.07, 6.45) is 4.81. The normalized spacial score (nSPS) is 16.9. The molecule has 1 fully saturated rings. The second-order valence-electron chi connectivity index (χ2n) is 10.8. The number of benzene rings is 2. The smallest absolute Gasteiger partial charge is 0.264 e. The van der Waals surface area contributed by atoms with Gasteiger partial charge < -0.3 is 19.8 Å². The van der Waals surface area contributed by atoms with Gasteiger partial charge in [0.1, 0.15) is 30.0 Å². The fourth-order valence-corrected chi connectivity index (χ4v) is 5.59. The van der Waals surface area contributed by atoms with E-state index in [0.717, 1.165) is 21.4 Å². The van der Waals surface area contributed by atoms with E-state index in [1.165, 1.54) is 0 Å². The summed E-state index contributed by atoms with van der Waals surface area (Å²) >= 11 is 0. The second kappa shape index (κ2) is 13.1. The number of nitrogens with one attached hydrogen (secondary N) is 3. The molecule has 230 valence electrons. The molecule has 0 radical (unpaired) electrons. The number of aromatic nitrogens is 1. The molecule has 0 bridgehead atoms. The average Bonchev–Trinajstić information content (AvgIpc) is 3.58. The van der Waals surface area contributed by atoms with Gasteiger partial charge >= 0.3 is 0 Å². The first-order valence-electron chi connectivity index (χ1n) is 14.7. The zero-order chi connectivity index (χ0) is 31.3. The molecule has 2 aliphatic rings. The van der Waals surface area contributed by atoms with E-state index >= 15 is 0 Å². The van der Waals surface area contributed by atoms with Crippen LogP contribution >= 0.6 is 0 Å². The zero-order valence-electron chi connectivity index (χ0n) is 24.3. The van der Waals surface area contributed by atoms with Crippen LogP contribution in [0.25, 0.3) is 11.0 Å². The SMILES string of the molecule is O=C1CCC(N2C(=O)c3cccc(NCCCCOCC(=O)NC(c4cccnc4)c4cc5ccccc5o4)c3C2=O)C(=O)N1. The molecule has 4 heterocycles. The number of ether oxygens (including phenoxy) is 1. The minimum Gasteiger partial charge on any atom is -0.459 e. The maximum absolute atomic E-state index is 13.2. The van der Waals surface area contributed by atoms with Crippen LogP contribution in [0.4, 0.5) is 5.69 Å². The van der Waals surface area contributed by atoms with Crippen LogP contribution in [-0.2, 0) is 19.1 Å². The first-order valence-corrected chi connectivity index (χ1v) is 14.7. The summed E-state index contributed by atoms with van der Waals surface area (Å²) in [7, 11) is 0. The van der Waals surface area contributed by atoms with Crippen molar-refractivity contribution in [1.29, 1.82) is 0 Å². The van der Waals surface area contributed by atoms with Crippen molar-refractivity contribution in [3.8, 4) is 0 Å². The number of pyridine rings is 1.